The molecule has 0 spiro atoms. The van der Waals surface area contributed by atoms with E-state index in [0.717, 1.165) is 11.3 Å². The lowest BCUT2D eigenvalue weighted by Crippen LogP contribution is -2.20. The fraction of sp³-hybridized carbons (Fsp3) is 0.154. The van der Waals surface area contributed by atoms with E-state index in [1.165, 1.54) is 6.08 Å². The predicted molar refractivity (Wildman–Crippen MR) is 65.2 cm³/mol. The third-order valence-electron chi connectivity index (χ3n) is 1.97. The first kappa shape index (κ1) is 12.0. The maximum atomic E-state index is 11.3. The molecule has 1 N–H and O–H groups in total. The molecule has 3 nitrogen and oxygen atoms in total. The monoisotopic (exact) mass is 217 g/mol. The van der Waals surface area contributed by atoms with E-state index in [1.54, 1.807) is 19.3 Å². The fourth-order valence-corrected chi connectivity index (χ4v) is 1.20. The second-order valence-electron chi connectivity index (χ2n) is 3.11. The Balaban J connectivity index is 2.68. The average Bonchev–Trinajstić information content (AvgIpc) is 2.34. The number of para-hydroxylation sites is 1. The van der Waals surface area contributed by atoms with Crippen molar-refractivity contribution >= 4 is 12.0 Å². The average molecular weight is 217 g/mol. The van der Waals surface area contributed by atoms with E-state index in [2.05, 4.69) is 11.9 Å². The van der Waals surface area contributed by atoms with E-state index < -0.39 is 0 Å². The molecule has 0 aliphatic rings. The number of methoxy groups -OCH3 is 1. The lowest BCUT2D eigenvalue weighted by Gasteiger charge is -2.03. The quantitative estimate of drug-likeness (QED) is 0.605. The summed E-state index contributed by atoms with van der Waals surface area (Å²) in [6.07, 6.45) is 4.83. The predicted octanol–water partition coefficient (Wildman–Crippen LogP) is 2.01. The van der Waals surface area contributed by atoms with Crippen molar-refractivity contribution in [3.63, 3.8) is 0 Å². The zero-order valence-electron chi connectivity index (χ0n) is 9.27. The smallest absolute Gasteiger partial charge is 0.244 e. The summed E-state index contributed by atoms with van der Waals surface area (Å²) in [7, 11) is 1.60. The maximum Gasteiger partial charge on any atom is 0.244 e. The Hall–Kier alpha value is -2.03. The molecule has 0 unspecified atom stereocenters. The summed E-state index contributed by atoms with van der Waals surface area (Å²) in [4.78, 5) is 11.3. The van der Waals surface area contributed by atoms with Crippen LogP contribution in [-0.4, -0.2) is 19.6 Å². The molecule has 1 rings (SSSR count). The Morgan fingerprint density at radius 1 is 1.50 bits per heavy atom. The van der Waals surface area contributed by atoms with E-state index in [4.69, 9.17) is 4.74 Å². The number of hydrogen-bond donors (Lipinski definition) is 1. The summed E-state index contributed by atoms with van der Waals surface area (Å²) in [6, 6.07) is 7.51. The van der Waals surface area contributed by atoms with E-state index >= 15 is 0 Å². The minimum atomic E-state index is -0.147. The third kappa shape index (κ3) is 3.61. The molecule has 0 atom stereocenters. The number of carbonyl (C=O) groups excluding carboxylic acids is 1. The highest BCUT2D eigenvalue weighted by atomic mass is 16.5. The lowest BCUT2D eigenvalue weighted by atomic mass is 10.2. The van der Waals surface area contributed by atoms with Gasteiger partial charge in [0, 0.05) is 18.2 Å². The van der Waals surface area contributed by atoms with Crippen LogP contribution >= 0.6 is 0 Å². The lowest BCUT2D eigenvalue weighted by molar-refractivity contribution is -0.116. The number of ether oxygens (including phenoxy) is 1. The minimum Gasteiger partial charge on any atom is -0.496 e. The van der Waals surface area contributed by atoms with Gasteiger partial charge < -0.3 is 10.1 Å². The number of nitrogens with one attached hydrogen (secondary N) is 1. The zero-order chi connectivity index (χ0) is 11.8. The van der Waals surface area contributed by atoms with E-state index in [-0.39, 0.29) is 5.91 Å². The standard InChI is InChI=1S/C13H15NO2/c1-3-10-14-13(15)9-8-11-6-4-5-7-12(11)16-2/h3-9H,1,10H2,2H3,(H,14,15). The SMILES string of the molecule is C=CCNC(=O)C=Cc1ccccc1OC. The Bertz CT molecular complexity index is 397. The molecule has 0 aliphatic carbocycles. The van der Waals surface area contributed by atoms with Gasteiger partial charge in [-0.15, -0.1) is 6.58 Å². The number of hydrogen-bond acceptors (Lipinski definition) is 2. The fourth-order valence-electron chi connectivity index (χ4n) is 1.20. The van der Waals surface area contributed by atoms with Crippen LogP contribution in [0.1, 0.15) is 5.56 Å². The first-order chi connectivity index (χ1) is 7.77. The largest absolute Gasteiger partial charge is 0.496 e. The highest BCUT2D eigenvalue weighted by Gasteiger charge is 1.98. The molecule has 0 fully saturated rings. The number of benzene rings is 1. The molecule has 0 saturated heterocycles. The van der Waals surface area contributed by atoms with Crippen LogP contribution in [-0.2, 0) is 4.79 Å². The first-order valence-electron chi connectivity index (χ1n) is 4.97. The van der Waals surface area contributed by atoms with Gasteiger partial charge in [-0.2, -0.15) is 0 Å². The molecule has 1 aromatic rings. The molecular formula is C13H15NO2. The number of rotatable bonds is 5. The highest BCUT2D eigenvalue weighted by molar-refractivity contribution is 5.92. The summed E-state index contributed by atoms with van der Waals surface area (Å²) in [6.45, 7) is 3.99. The van der Waals surface area contributed by atoms with Crippen molar-refractivity contribution in [1.82, 2.24) is 5.32 Å². The van der Waals surface area contributed by atoms with Crippen LogP contribution in [0.15, 0.2) is 43.0 Å². The van der Waals surface area contributed by atoms with Crippen molar-refractivity contribution in [2.24, 2.45) is 0 Å². The second-order valence-corrected chi connectivity index (χ2v) is 3.11. The molecule has 0 aliphatic heterocycles. The molecule has 0 heterocycles. The molecule has 0 radical (unpaired) electrons. The third-order valence-corrected chi connectivity index (χ3v) is 1.97. The van der Waals surface area contributed by atoms with Crippen LogP contribution in [0.4, 0.5) is 0 Å². The number of carbonyl (C=O) groups is 1. The summed E-state index contributed by atoms with van der Waals surface area (Å²) >= 11 is 0. The van der Waals surface area contributed by atoms with Gasteiger partial charge in [0.25, 0.3) is 0 Å². The summed E-state index contributed by atoms with van der Waals surface area (Å²) in [5, 5.41) is 2.66. The first-order valence-corrected chi connectivity index (χ1v) is 4.97. The van der Waals surface area contributed by atoms with Gasteiger partial charge in [-0.05, 0) is 12.1 Å². The van der Waals surface area contributed by atoms with Crippen LogP contribution in [0.3, 0.4) is 0 Å². The van der Waals surface area contributed by atoms with Crippen LogP contribution in [0.2, 0.25) is 0 Å². The second kappa shape index (κ2) is 6.45. The van der Waals surface area contributed by atoms with Gasteiger partial charge in [0.1, 0.15) is 5.75 Å². The van der Waals surface area contributed by atoms with Gasteiger partial charge in [-0.25, -0.2) is 0 Å². The Morgan fingerprint density at radius 3 is 2.94 bits per heavy atom. The van der Waals surface area contributed by atoms with Gasteiger partial charge in [0.15, 0.2) is 0 Å². The minimum absolute atomic E-state index is 0.147. The van der Waals surface area contributed by atoms with Gasteiger partial charge >= 0.3 is 0 Å². The number of amides is 1. The zero-order valence-corrected chi connectivity index (χ0v) is 9.27. The van der Waals surface area contributed by atoms with Crippen LogP contribution < -0.4 is 10.1 Å². The van der Waals surface area contributed by atoms with Gasteiger partial charge in [-0.1, -0.05) is 24.3 Å². The Kier molecular flexibility index (Phi) is 4.86. The van der Waals surface area contributed by atoms with Crippen LogP contribution in [0.25, 0.3) is 6.08 Å². The molecule has 16 heavy (non-hydrogen) atoms. The van der Waals surface area contributed by atoms with Gasteiger partial charge in [0.2, 0.25) is 5.91 Å². The van der Waals surface area contributed by atoms with Crippen LogP contribution in [0.5, 0.6) is 5.75 Å². The van der Waals surface area contributed by atoms with Crippen molar-refractivity contribution < 1.29 is 9.53 Å². The molecule has 1 aromatic carbocycles. The summed E-state index contributed by atoms with van der Waals surface area (Å²) in [5.41, 5.74) is 0.874. The van der Waals surface area contributed by atoms with Gasteiger partial charge in [-0.3, -0.25) is 4.79 Å². The van der Waals surface area contributed by atoms with Crippen LogP contribution in [0, 0.1) is 0 Å². The molecule has 84 valence electrons. The Morgan fingerprint density at radius 2 is 2.25 bits per heavy atom. The Labute approximate surface area is 95.4 Å². The molecule has 1 amide bonds. The summed E-state index contributed by atoms with van der Waals surface area (Å²) < 4.78 is 5.16. The highest BCUT2D eigenvalue weighted by Crippen LogP contribution is 2.18. The van der Waals surface area contributed by atoms with Crippen molar-refractivity contribution in [2.75, 3.05) is 13.7 Å². The van der Waals surface area contributed by atoms with E-state index in [0.29, 0.717) is 6.54 Å². The molecule has 0 aromatic heterocycles. The summed E-state index contributed by atoms with van der Waals surface area (Å²) in [5.74, 6) is 0.598. The normalized spacial score (nSPS) is 10.1. The van der Waals surface area contributed by atoms with E-state index in [1.807, 2.05) is 24.3 Å². The molecule has 3 heteroatoms. The molecule has 0 bridgehead atoms. The van der Waals surface area contributed by atoms with Crippen molar-refractivity contribution in [1.29, 1.82) is 0 Å². The maximum absolute atomic E-state index is 11.3. The van der Waals surface area contributed by atoms with Crippen molar-refractivity contribution in [2.45, 2.75) is 0 Å². The molecular weight excluding hydrogens is 202 g/mol. The van der Waals surface area contributed by atoms with Crippen molar-refractivity contribution in [3.8, 4) is 5.75 Å². The van der Waals surface area contributed by atoms with Gasteiger partial charge in [0.05, 0.1) is 7.11 Å². The van der Waals surface area contributed by atoms with Crippen molar-refractivity contribution in [3.05, 3.63) is 48.6 Å². The topological polar surface area (TPSA) is 38.3 Å². The van der Waals surface area contributed by atoms with E-state index in [9.17, 15) is 4.79 Å². The molecule has 0 saturated carbocycles.